The number of amides is 2. The zero-order chi connectivity index (χ0) is 15.2. The Hall–Kier alpha value is -1.82. The summed E-state index contributed by atoms with van der Waals surface area (Å²) in [4.78, 5) is 14.8. The van der Waals surface area contributed by atoms with Gasteiger partial charge in [-0.1, -0.05) is 19.4 Å². The third kappa shape index (κ3) is 4.32. The number of hydrogen-bond acceptors (Lipinski definition) is 3. The van der Waals surface area contributed by atoms with Gasteiger partial charge in [-0.15, -0.1) is 11.3 Å². The SMILES string of the molecule is CCC[C@H](C)NC(=O)N(C)Cc1cc(-c2cccs2)n[nH]1. The van der Waals surface area contributed by atoms with Gasteiger partial charge in [0.1, 0.15) is 5.69 Å². The van der Waals surface area contributed by atoms with Gasteiger partial charge in [-0.05, 0) is 30.9 Å². The summed E-state index contributed by atoms with van der Waals surface area (Å²) in [5, 5.41) is 12.3. The van der Waals surface area contributed by atoms with Crippen LogP contribution in [0.1, 0.15) is 32.4 Å². The summed E-state index contributed by atoms with van der Waals surface area (Å²) in [6.07, 6.45) is 2.06. The van der Waals surface area contributed by atoms with E-state index in [0.717, 1.165) is 29.1 Å². The molecule has 0 aliphatic rings. The van der Waals surface area contributed by atoms with Crippen LogP contribution in [0, 0.1) is 0 Å². The molecular weight excluding hydrogens is 284 g/mol. The van der Waals surface area contributed by atoms with E-state index < -0.39 is 0 Å². The largest absolute Gasteiger partial charge is 0.336 e. The predicted molar refractivity (Wildman–Crippen MR) is 86.3 cm³/mol. The number of carbonyl (C=O) groups is 1. The van der Waals surface area contributed by atoms with Gasteiger partial charge in [-0.25, -0.2) is 4.79 Å². The first-order valence-electron chi connectivity index (χ1n) is 7.20. The van der Waals surface area contributed by atoms with Crippen LogP contribution in [0.3, 0.4) is 0 Å². The number of aromatic amines is 1. The second-order valence-corrected chi connectivity index (χ2v) is 6.20. The molecule has 21 heavy (non-hydrogen) atoms. The lowest BCUT2D eigenvalue weighted by Crippen LogP contribution is -2.41. The van der Waals surface area contributed by atoms with Gasteiger partial charge in [0.15, 0.2) is 0 Å². The number of carbonyl (C=O) groups excluding carboxylic acids is 1. The van der Waals surface area contributed by atoms with Crippen LogP contribution in [0.2, 0.25) is 0 Å². The average molecular weight is 306 g/mol. The van der Waals surface area contributed by atoms with E-state index in [1.807, 2.05) is 30.5 Å². The molecule has 0 spiro atoms. The van der Waals surface area contributed by atoms with Crippen molar-refractivity contribution in [2.24, 2.45) is 0 Å². The van der Waals surface area contributed by atoms with Crippen LogP contribution in [0.25, 0.3) is 10.6 Å². The summed E-state index contributed by atoms with van der Waals surface area (Å²) >= 11 is 1.65. The summed E-state index contributed by atoms with van der Waals surface area (Å²) in [5.41, 5.74) is 1.85. The van der Waals surface area contributed by atoms with E-state index in [1.165, 1.54) is 0 Å². The highest BCUT2D eigenvalue weighted by Crippen LogP contribution is 2.23. The molecule has 6 heteroatoms. The molecule has 0 aromatic carbocycles. The first-order valence-corrected chi connectivity index (χ1v) is 8.08. The normalized spacial score (nSPS) is 12.1. The Balaban J connectivity index is 1.90. The highest BCUT2D eigenvalue weighted by atomic mass is 32.1. The number of rotatable bonds is 6. The summed E-state index contributed by atoms with van der Waals surface area (Å²) in [5.74, 6) is 0. The Morgan fingerprint density at radius 3 is 3.05 bits per heavy atom. The zero-order valence-electron chi connectivity index (χ0n) is 12.7. The van der Waals surface area contributed by atoms with Crippen LogP contribution in [-0.4, -0.2) is 34.2 Å². The number of urea groups is 1. The Morgan fingerprint density at radius 2 is 2.38 bits per heavy atom. The molecular formula is C15H22N4OS. The number of thiophene rings is 1. The number of nitrogens with zero attached hydrogens (tertiary/aromatic N) is 2. The summed E-state index contributed by atoms with van der Waals surface area (Å²) in [6, 6.07) is 6.18. The standard InChI is InChI=1S/C15H22N4OS/c1-4-6-11(2)16-15(20)19(3)10-12-9-13(18-17-12)14-7-5-8-21-14/h5,7-9,11H,4,6,10H2,1-3H3,(H,16,20)(H,17,18)/t11-/m0/s1. The minimum absolute atomic E-state index is 0.0526. The molecule has 0 unspecified atom stereocenters. The smallest absolute Gasteiger partial charge is 0.317 e. The number of nitrogens with one attached hydrogen (secondary N) is 2. The van der Waals surface area contributed by atoms with Crippen molar-refractivity contribution in [2.75, 3.05) is 7.05 Å². The number of aromatic nitrogens is 2. The van der Waals surface area contributed by atoms with Crippen LogP contribution >= 0.6 is 11.3 Å². The molecule has 0 bridgehead atoms. The molecule has 0 saturated carbocycles. The number of hydrogen-bond donors (Lipinski definition) is 2. The van der Waals surface area contributed by atoms with E-state index in [9.17, 15) is 4.79 Å². The molecule has 114 valence electrons. The molecule has 0 fully saturated rings. The van der Waals surface area contributed by atoms with Crippen LogP contribution in [0.4, 0.5) is 4.79 Å². The molecule has 0 aliphatic carbocycles. The van der Waals surface area contributed by atoms with Crippen molar-refractivity contribution >= 4 is 17.4 Å². The van der Waals surface area contributed by atoms with E-state index in [-0.39, 0.29) is 12.1 Å². The van der Waals surface area contributed by atoms with Crippen molar-refractivity contribution in [3.63, 3.8) is 0 Å². The fraction of sp³-hybridized carbons (Fsp3) is 0.467. The molecule has 2 aromatic rings. The predicted octanol–water partition coefficient (Wildman–Crippen LogP) is 3.47. The summed E-state index contributed by atoms with van der Waals surface area (Å²) in [6.45, 7) is 4.66. The fourth-order valence-corrected chi connectivity index (χ4v) is 2.83. The minimum Gasteiger partial charge on any atom is -0.336 e. The van der Waals surface area contributed by atoms with Crippen molar-refractivity contribution in [1.82, 2.24) is 20.4 Å². The first-order chi connectivity index (χ1) is 10.1. The van der Waals surface area contributed by atoms with Gasteiger partial charge in [0, 0.05) is 13.1 Å². The van der Waals surface area contributed by atoms with Crippen molar-refractivity contribution in [3.05, 3.63) is 29.3 Å². The van der Waals surface area contributed by atoms with E-state index in [4.69, 9.17) is 0 Å². The second kappa shape index (κ2) is 7.26. The number of H-pyrrole nitrogens is 1. The lowest BCUT2D eigenvalue weighted by molar-refractivity contribution is 0.202. The van der Waals surface area contributed by atoms with Crippen molar-refractivity contribution in [2.45, 2.75) is 39.3 Å². The van der Waals surface area contributed by atoms with Gasteiger partial charge in [0.05, 0.1) is 17.1 Å². The van der Waals surface area contributed by atoms with E-state index in [1.54, 1.807) is 23.3 Å². The second-order valence-electron chi connectivity index (χ2n) is 5.25. The topological polar surface area (TPSA) is 61.0 Å². The molecule has 2 N–H and O–H groups in total. The maximum atomic E-state index is 12.1. The van der Waals surface area contributed by atoms with Crippen LogP contribution in [0.5, 0.6) is 0 Å². The molecule has 0 saturated heterocycles. The van der Waals surface area contributed by atoms with Crippen molar-refractivity contribution in [1.29, 1.82) is 0 Å². The van der Waals surface area contributed by atoms with E-state index >= 15 is 0 Å². The van der Waals surface area contributed by atoms with Crippen LogP contribution < -0.4 is 5.32 Å². The highest BCUT2D eigenvalue weighted by Gasteiger charge is 2.13. The molecule has 1 atom stereocenters. The van der Waals surface area contributed by atoms with Gasteiger partial charge in [0.2, 0.25) is 0 Å². The Morgan fingerprint density at radius 1 is 1.57 bits per heavy atom. The van der Waals surface area contributed by atoms with Crippen LogP contribution in [-0.2, 0) is 6.54 Å². The average Bonchev–Trinajstić information content (AvgIpc) is 3.08. The fourth-order valence-electron chi connectivity index (χ4n) is 2.15. The first kappa shape index (κ1) is 15.6. The van der Waals surface area contributed by atoms with Gasteiger partial charge in [-0.2, -0.15) is 5.10 Å². The minimum atomic E-state index is -0.0526. The lowest BCUT2D eigenvalue weighted by atomic mass is 10.2. The highest BCUT2D eigenvalue weighted by molar-refractivity contribution is 7.13. The molecule has 0 radical (unpaired) electrons. The molecule has 2 aromatic heterocycles. The van der Waals surface area contributed by atoms with E-state index in [0.29, 0.717) is 6.54 Å². The maximum absolute atomic E-state index is 12.1. The Labute approximate surface area is 129 Å². The zero-order valence-corrected chi connectivity index (χ0v) is 13.5. The quantitative estimate of drug-likeness (QED) is 0.858. The Bertz CT molecular complexity index is 564. The van der Waals surface area contributed by atoms with Gasteiger partial charge < -0.3 is 10.2 Å². The maximum Gasteiger partial charge on any atom is 0.317 e. The molecule has 5 nitrogen and oxygen atoms in total. The molecule has 2 rings (SSSR count). The summed E-state index contributed by atoms with van der Waals surface area (Å²) in [7, 11) is 1.79. The molecule has 0 aliphatic heterocycles. The lowest BCUT2D eigenvalue weighted by Gasteiger charge is -2.20. The van der Waals surface area contributed by atoms with Crippen LogP contribution in [0.15, 0.2) is 23.6 Å². The third-order valence-corrected chi connectivity index (χ3v) is 4.14. The third-order valence-electron chi connectivity index (χ3n) is 3.25. The summed E-state index contributed by atoms with van der Waals surface area (Å²) < 4.78 is 0. The Kier molecular flexibility index (Phi) is 5.38. The molecule has 2 amide bonds. The van der Waals surface area contributed by atoms with Crippen molar-refractivity contribution < 1.29 is 4.79 Å². The molecule has 2 heterocycles. The van der Waals surface area contributed by atoms with Gasteiger partial charge in [0.25, 0.3) is 0 Å². The van der Waals surface area contributed by atoms with Gasteiger partial charge >= 0.3 is 6.03 Å². The van der Waals surface area contributed by atoms with Crippen molar-refractivity contribution in [3.8, 4) is 10.6 Å². The van der Waals surface area contributed by atoms with Gasteiger partial charge in [-0.3, -0.25) is 5.10 Å². The van der Waals surface area contributed by atoms with E-state index in [2.05, 4.69) is 22.4 Å². The monoisotopic (exact) mass is 306 g/mol.